The van der Waals surface area contributed by atoms with E-state index in [1.807, 2.05) is 0 Å². The van der Waals surface area contributed by atoms with E-state index in [2.05, 4.69) is 11.9 Å². The molecule has 0 aliphatic carbocycles. The summed E-state index contributed by atoms with van der Waals surface area (Å²) in [6.45, 7) is 3.59. The maximum absolute atomic E-state index is 14.0. The monoisotopic (exact) mass is 317 g/mol. The average Bonchev–Trinajstić information content (AvgIpc) is 2.52. The minimum absolute atomic E-state index is 0.0401. The van der Waals surface area contributed by atoms with Crippen LogP contribution in [0.4, 0.5) is 14.5 Å². The number of carbonyl (C=O) groups is 1. The normalized spacial score (nSPS) is 10.2. The minimum Gasteiger partial charge on any atom is -0.486 e. The van der Waals surface area contributed by atoms with Crippen LogP contribution in [-0.4, -0.2) is 5.91 Å². The fourth-order valence-electron chi connectivity index (χ4n) is 1.94. The second-order valence-electron chi connectivity index (χ2n) is 4.94. The molecule has 2 aromatic rings. The number of nitrogens with one attached hydrogen (secondary N) is 1. The Hall–Kier alpha value is -2.69. The molecule has 1 N–H and O–H groups in total. The number of rotatable bonds is 7. The first-order chi connectivity index (χ1) is 11.1. The van der Waals surface area contributed by atoms with Crippen molar-refractivity contribution in [3.63, 3.8) is 0 Å². The first-order valence-corrected chi connectivity index (χ1v) is 7.16. The molecule has 120 valence electrons. The highest BCUT2D eigenvalue weighted by molar-refractivity contribution is 5.90. The molecule has 0 bridgehead atoms. The van der Waals surface area contributed by atoms with Crippen LogP contribution < -0.4 is 10.1 Å². The molecule has 0 aromatic heterocycles. The van der Waals surface area contributed by atoms with Gasteiger partial charge in [-0.05, 0) is 36.2 Å². The molecule has 0 aliphatic rings. The van der Waals surface area contributed by atoms with Crippen LogP contribution in [0.25, 0.3) is 0 Å². The molecule has 2 rings (SSSR count). The molecule has 0 aliphatic heterocycles. The zero-order valence-corrected chi connectivity index (χ0v) is 12.5. The number of amides is 1. The Morgan fingerprint density at radius 2 is 2.04 bits per heavy atom. The number of ether oxygens (including phenoxy) is 1. The predicted octanol–water partition coefficient (Wildman–Crippen LogP) is 4.45. The van der Waals surface area contributed by atoms with Gasteiger partial charge in [0.05, 0.1) is 0 Å². The van der Waals surface area contributed by atoms with Crippen LogP contribution in [0.15, 0.2) is 55.1 Å². The molecule has 0 saturated heterocycles. The first-order valence-electron chi connectivity index (χ1n) is 7.16. The summed E-state index contributed by atoms with van der Waals surface area (Å²) in [5.41, 5.74) is 0.959. The van der Waals surface area contributed by atoms with Gasteiger partial charge < -0.3 is 10.1 Å². The van der Waals surface area contributed by atoms with E-state index < -0.39 is 5.82 Å². The predicted molar refractivity (Wildman–Crippen MR) is 85.2 cm³/mol. The van der Waals surface area contributed by atoms with Gasteiger partial charge in [-0.1, -0.05) is 18.2 Å². The quantitative estimate of drug-likeness (QED) is 0.766. The molecule has 1 amide bonds. The van der Waals surface area contributed by atoms with Crippen LogP contribution in [0.1, 0.15) is 18.4 Å². The van der Waals surface area contributed by atoms with Crippen LogP contribution in [0, 0.1) is 11.6 Å². The Labute approximate surface area is 133 Å². The summed E-state index contributed by atoms with van der Waals surface area (Å²) in [6, 6.07) is 10.1. The van der Waals surface area contributed by atoms with Gasteiger partial charge in [0.15, 0.2) is 11.6 Å². The van der Waals surface area contributed by atoms with Gasteiger partial charge in [0.2, 0.25) is 5.91 Å². The Morgan fingerprint density at radius 3 is 2.74 bits per heavy atom. The fraction of sp³-hybridized carbons (Fsp3) is 0.167. The topological polar surface area (TPSA) is 38.3 Å². The summed E-state index contributed by atoms with van der Waals surface area (Å²) >= 11 is 0. The third-order valence-corrected chi connectivity index (χ3v) is 3.07. The van der Waals surface area contributed by atoms with Crippen molar-refractivity contribution in [3.05, 3.63) is 72.3 Å². The second kappa shape index (κ2) is 8.08. The fourth-order valence-corrected chi connectivity index (χ4v) is 1.94. The summed E-state index contributed by atoms with van der Waals surface area (Å²) in [5.74, 6) is -1.14. The Bertz CT molecular complexity index is 701. The molecule has 0 heterocycles. The van der Waals surface area contributed by atoms with E-state index in [4.69, 9.17) is 4.74 Å². The number of hydrogen-bond donors (Lipinski definition) is 1. The number of hydrogen-bond acceptors (Lipinski definition) is 2. The van der Waals surface area contributed by atoms with Crippen LogP contribution in [0.3, 0.4) is 0 Å². The van der Waals surface area contributed by atoms with Gasteiger partial charge >= 0.3 is 0 Å². The van der Waals surface area contributed by atoms with E-state index in [0.717, 1.165) is 0 Å². The maximum atomic E-state index is 14.0. The molecule has 23 heavy (non-hydrogen) atoms. The lowest BCUT2D eigenvalue weighted by atomic mass is 10.2. The average molecular weight is 317 g/mol. The van der Waals surface area contributed by atoms with Gasteiger partial charge in [0.25, 0.3) is 0 Å². The van der Waals surface area contributed by atoms with E-state index in [1.54, 1.807) is 24.3 Å². The molecule has 2 aromatic carbocycles. The molecule has 0 spiro atoms. The van der Waals surface area contributed by atoms with E-state index in [9.17, 15) is 13.6 Å². The van der Waals surface area contributed by atoms with E-state index in [-0.39, 0.29) is 24.1 Å². The number of halogens is 2. The van der Waals surface area contributed by atoms with Crippen molar-refractivity contribution >= 4 is 11.6 Å². The Balaban J connectivity index is 1.96. The molecule has 0 unspecified atom stereocenters. The number of anilines is 1. The van der Waals surface area contributed by atoms with Crippen molar-refractivity contribution in [1.82, 2.24) is 0 Å². The maximum Gasteiger partial charge on any atom is 0.224 e. The van der Waals surface area contributed by atoms with Gasteiger partial charge in [-0.3, -0.25) is 4.79 Å². The highest BCUT2D eigenvalue weighted by Gasteiger charge is 2.08. The zero-order chi connectivity index (χ0) is 16.7. The summed E-state index contributed by atoms with van der Waals surface area (Å²) in [6.07, 6.45) is 2.50. The third kappa shape index (κ3) is 5.21. The molecule has 5 heteroatoms. The lowest BCUT2D eigenvalue weighted by Gasteiger charge is -2.10. The standard InChI is InChI=1S/C18H17F2NO2/c1-2-3-7-18(22)21-15-8-9-17(16(20)11-15)23-12-13-5-4-6-14(19)10-13/h2,4-6,8-11H,1,3,7,12H2,(H,21,22). The highest BCUT2D eigenvalue weighted by Crippen LogP contribution is 2.22. The van der Waals surface area contributed by atoms with E-state index >= 15 is 0 Å². The lowest BCUT2D eigenvalue weighted by molar-refractivity contribution is -0.116. The van der Waals surface area contributed by atoms with Gasteiger partial charge in [0, 0.05) is 18.2 Å². The van der Waals surface area contributed by atoms with Crippen LogP contribution in [0.5, 0.6) is 5.75 Å². The largest absolute Gasteiger partial charge is 0.486 e. The van der Waals surface area contributed by atoms with Gasteiger partial charge in [-0.25, -0.2) is 8.78 Å². The summed E-state index contributed by atoms with van der Waals surface area (Å²) in [4.78, 5) is 11.6. The molecule has 0 fully saturated rings. The second-order valence-corrected chi connectivity index (χ2v) is 4.94. The molecular formula is C18H17F2NO2. The van der Waals surface area contributed by atoms with Crippen molar-refractivity contribution in [3.8, 4) is 5.75 Å². The lowest BCUT2D eigenvalue weighted by Crippen LogP contribution is -2.11. The van der Waals surface area contributed by atoms with Crippen molar-refractivity contribution in [2.45, 2.75) is 19.4 Å². The smallest absolute Gasteiger partial charge is 0.224 e. The number of carbonyl (C=O) groups excluding carboxylic acids is 1. The Kier molecular flexibility index (Phi) is 5.86. The minimum atomic E-state index is -0.595. The summed E-state index contributed by atoms with van der Waals surface area (Å²) in [7, 11) is 0. The zero-order valence-electron chi connectivity index (χ0n) is 12.5. The highest BCUT2D eigenvalue weighted by atomic mass is 19.1. The Morgan fingerprint density at radius 1 is 1.22 bits per heavy atom. The van der Waals surface area contributed by atoms with Gasteiger partial charge in [-0.15, -0.1) is 6.58 Å². The van der Waals surface area contributed by atoms with Gasteiger partial charge in [0.1, 0.15) is 12.4 Å². The summed E-state index contributed by atoms with van der Waals surface area (Å²) < 4.78 is 32.4. The number of allylic oxidation sites excluding steroid dienone is 1. The van der Waals surface area contributed by atoms with Crippen LogP contribution in [-0.2, 0) is 11.4 Å². The van der Waals surface area contributed by atoms with Crippen molar-refractivity contribution in [2.24, 2.45) is 0 Å². The van der Waals surface area contributed by atoms with Crippen molar-refractivity contribution in [1.29, 1.82) is 0 Å². The van der Waals surface area contributed by atoms with Crippen LogP contribution in [0.2, 0.25) is 0 Å². The van der Waals surface area contributed by atoms with Crippen LogP contribution >= 0.6 is 0 Å². The van der Waals surface area contributed by atoms with E-state index in [1.165, 1.54) is 24.3 Å². The molecule has 3 nitrogen and oxygen atoms in total. The summed E-state index contributed by atoms with van der Waals surface area (Å²) in [5, 5.41) is 2.59. The SMILES string of the molecule is C=CCCC(=O)Nc1ccc(OCc2cccc(F)c2)c(F)c1. The third-order valence-electron chi connectivity index (χ3n) is 3.07. The molecule has 0 radical (unpaired) electrons. The van der Waals surface area contributed by atoms with Gasteiger partial charge in [-0.2, -0.15) is 0 Å². The van der Waals surface area contributed by atoms with Crippen molar-refractivity contribution < 1.29 is 18.3 Å². The first kappa shape index (κ1) is 16.7. The molecule has 0 atom stereocenters. The number of benzene rings is 2. The molecular weight excluding hydrogens is 300 g/mol. The van der Waals surface area contributed by atoms with Crippen molar-refractivity contribution in [2.75, 3.05) is 5.32 Å². The molecule has 0 saturated carbocycles. The van der Waals surface area contributed by atoms with E-state index in [0.29, 0.717) is 24.1 Å².